The molecular weight excluding hydrogens is 214 g/mol. The van der Waals surface area contributed by atoms with Crippen LogP contribution in [0.25, 0.3) is 11.1 Å². The number of benzene rings is 2. The van der Waals surface area contributed by atoms with Crippen LogP contribution in [0.1, 0.15) is 0 Å². The summed E-state index contributed by atoms with van der Waals surface area (Å²) in [6.45, 7) is 0. The number of rotatable bonds is 1. The van der Waals surface area contributed by atoms with E-state index >= 15 is 0 Å². The molecule has 0 aliphatic carbocycles. The predicted molar refractivity (Wildman–Crippen MR) is 55.1 cm³/mol. The highest BCUT2D eigenvalue weighted by molar-refractivity contribution is 5.67. The van der Waals surface area contributed by atoms with Crippen LogP contribution in [0.15, 0.2) is 36.4 Å². The number of hydrogen-bond acceptors (Lipinski definition) is 2. The van der Waals surface area contributed by atoms with Crippen LogP contribution in [0, 0.1) is 11.6 Å². The summed E-state index contributed by atoms with van der Waals surface area (Å²) in [5.41, 5.74) is -0.0521. The fraction of sp³-hybridized carbons (Fsp3) is 0. The van der Waals surface area contributed by atoms with Crippen molar-refractivity contribution in [3.63, 3.8) is 0 Å². The molecule has 0 bridgehead atoms. The van der Waals surface area contributed by atoms with Gasteiger partial charge in [-0.15, -0.1) is 0 Å². The third-order valence-corrected chi connectivity index (χ3v) is 2.19. The van der Waals surface area contributed by atoms with E-state index < -0.39 is 11.6 Å². The molecule has 0 aromatic heterocycles. The van der Waals surface area contributed by atoms with E-state index in [4.69, 9.17) is 5.11 Å². The summed E-state index contributed by atoms with van der Waals surface area (Å²) in [5, 5.41) is 18.2. The third kappa shape index (κ3) is 1.82. The van der Waals surface area contributed by atoms with Crippen molar-refractivity contribution < 1.29 is 19.0 Å². The Balaban J connectivity index is 2.62. The minimum Gasteiger partial charge on any atom is -0.508 e. The SMILES string of the molecule is Oc1ccc(-c2cc(O)ccc2F)c(F)c1. The van der Waals surface area contributed by atoms with Crippen LogP contribution in [-0.4, -0.2) is 10.2 Å². The Morgan fingerprint density at radius 2 is 1.31 bits per heavy atom. The van der Waals surface area contributed by atoms with E-state index in [1.807, 2.05) is 0 Å². The van der Waals surface area contributed by atoms with E-state index in [-0.39, 0.29) is 22.6 Å². The van der Waals surface area contributed by atoms with Crippen LogP contribution >= 0.6 is 0 Å². The van der Waals surface area contributed by atoms with Crippen molar-refractivity contribution in [1.29, 1.82) is 0 Å². The second-order valence-corrected chi connectivity index (χ2v) is 3.33. The van der Waals surface area contributed by atoms with E-state index in [1.54, 1.807) is 0 Å². The molecule has 0 aliphatic heterocycles. The zero-order chi connectivity index (χ0) is 11.7. The van der Waals surface area contributed by atoms with Gasteiger partial charge in [-0.05, 0) is 30.3 Å². The normalized spacial score (nSPS) is 10.4. The molecule has 82 valence electrons. The molecule has 0 saturated carbocycles. The molecule has 2 aromatic rings. The van der Waals surface area contributed by atoms with E-state index in [0.717, 1.165) is 18.2 Å². The maximum Gasteiger partial charge on any atom is 0.134 e. The van der Waals surface area contributed by atoms with Gasteiger partial charge in [-0.1, -0.05) is 0 Å². The molecule has 0 fully saturated rings. The Morgan fingerprint density at radius 3 is 2.00 bits per heavy atom. The van der Waals surface area contributed by atoms with Crippen LogP contribution in [0.5, 0.6) is 11.5 Å². The van der Waals surface area contributed by atoms with Gasteiger partial charge in [0.15, 0.2) is 0 Å². The summed E-state index contributed by atoms with van der Waals surface area (Å²) < 4.78 is 26.8. The monoisotopic (exact) mass is 222 g/mol. The maximum atomic E-state index is 13.4. The molecular formula is C12H8F2O2. The first-order chi connectivity index (χ1) is 7.58. The highest BCUT2D eigenvalue weighted by atomic mass is 19.1. The Kier molecular flexibility index (Phi) is 2.48. The second-order valence-electron chi connectivity index (χ2n) is 3.33. The summed E-state index contributed by atoms with van der Waals surface area (Å²) in [7, 11) is 0. The van der Waals surface area contributed by atoms with Gasteiger partial charge in [-0.25, -0.2) is 8.78 Å². The van der Waals surface area contributed by atoms with E-state index in [2.05, 4.69) is 0 Å². The van der Waals surface area contributed by atoms with Crippen molar-refractivity contribution in [3.05, 3.63) is 48.0 Å². The van der Waals surface area contributed by atoms with Crippen LogP contribution in [-0.2, 0) is 0 Å². The molecule has 0 heterocycles. The van der Waals surface area contributed by atoms with Gasteiger partial charge in [0.1, 0.15) is 23.1 Å². The molecule has 0 amide bonds. The lowest BCUT2D eigenvalue weighted by atomic mass is 10.0. The highest BCUT2D eigenvalue weighted by Crippen LogP contribution is 2.30. The van der Waals surface area contributed by atoms with Crippen LogP contribution in [0.4, 0.5) is 8.78 Å². The lowest BCUT2D eigenvalue weighted by Crippen LogP contribution is -1.88. The minimum absolute atomic E-state index is 0.00815. The number of hydrogen-bond donors (Lipinski definition) is 2. The van der Waals surface area contributed by atoms with Gasteiger partial charge in [0.25, 0.3) is 0 Å². The fourth-order valence-electron chi connectivity index (χ4n) is 1.44. The smallest absolute Gasteiger partial charge is 0.134 e. The molecule has 0 spiro atoms. The molecule has 16 heavy (non-hydrogen) atoms. The summed E-state index contributed by atoms with van der Waals surface area (Å²) in [6.07, 6.45) is 0. The number of phenols is 2. The predicted octanol–water partition coefficient (Wildman–Crippen LogP) is 3.04. The maximum absolute atomic E-state index is 13.4. The topological polar surface area (TPSA) is 40.5 Å². The average molecular weight is 222 g/mol. The first kappa shape index (κ1) is 10.4. The van der Waals surface area contributed by atoms with Gasteiger partial charge < -0.3 is 10.2 Å². The minimum atomic E-state index is -0.746. The molecule has 2 nitrogen and oxygen atoms in total. The third-order valence-electron chi connectivity index (χ3n) is 2.19. The molecule has 4 heteroatoms. The van der Waals surface area contributed by atoms with Crippen molar-refractivity contribution in [2.24, 2.45) is 0 Å². The fourth-order valence-corrected chi connectivity index (χ4v) is 1.44. The second kappa shape index (κ2) is 3.81. The van der Waals surface area contributed by atoms with Gasteiger partial charge in [0, 0.05) is 17.2 Å². The molecule has 0 atom stereocenters. The average Bonchev–Trinajstić information content (AvgIpc) is 2.22. The number of phenolic OH excluding ortho intramolecular Hbond substituents is 2. The van der Waals surface area contributed by atoms with Gasteiger partial charge in [-0.3, -0.25) is 0 Å². The zero-order valence-electron chi connectivity index (χ0n) is 8.11. The Bertz CT molecular complexity index is 539. The van der Waals surface area contributed by atoms with Gasteiger partial charge in [-0.2, -0.15) is 0 Å². The zero-order valence-corrected chi connectivity index (χ0v) is 8.11. The summed E-state index contributed by atoms with van der Waals surface area (Å²) >= 11 is 0. The van der Waals surface area contributed by atoms with Crippen LogP contribution < -0.4 is 0 Å². The van der Waals surface area contributed by atoms with E-state index in [1.165, 1.54) is 18.2 Å². The van der Waals surface area contributed by atoms with Crippen molar-refractivity contribution in [3.8, 4) is 22.6 Å². The molecule has 0 saturated heterocycles. The van der Waals surface area contributed by atoms with Crippen molar-refractivity contribution >= 4 is 0 Å². The summed E-state index contributed by atoms with van der Waals surface area (Å²) in [5.74, 6) is -1.77. The van der Waals surface area contributed by atoms with Crippen molar-refractivity contribution in [1.82, 2.24) is 0 Å². The summed E-state index contributed by atoms with van der Waals surface area (Å²) in [6, 6.07) is 6.75. The number of halogens is 2. The lowest BCUT2D eigenvalue weighted by Gasteiger charge is -2.05. The van der Waals surface area contributed by atoms with Crippen molar-refractivity contribution in [2.75, 3.05) is 0 Å². The van der Waals surface area contributed by atoms with Gasteiger partial charge >= 0.3 is 0 Å². The van der Waals surface area contributed by atoms with Crippen LogP contribution in [0.3, 0.4) is 0 Å². The van der Waals surface area contributed by atoms with Crippen molar-refractivity contribution in [2.45, 2.75) is 0 Å². The molecule has 2 N–H and O–H groups in total. The van der Waals surface area contributed by atoms with E-state index in [0.29, 0.717) is 0 Å². The Morgan fingerprint density at radius 1 is 0.688 bits per heavy atom. The lowest BCUT2D eigenvalue weighted by molar-refractivity contribution is 0.469. The summed E-state index contributed by atoms with van der Waals surface area (Å²) in [4.78, 5) is 0. The van der Waals surface area contributed by atoms with Gasteiger partial charge in [0.05, 0.1) is 0 Å². The standard InChI is InChI=1S/C12H8F2O2/c13-11-4-2-7(15)5-10(11)9-3-1-8(16)6-12(9)14/h1-6,15-16H. The quantitative estimate of drug-likeness (QED) is 0.778. The van der Waals surface area contributed by atoms with Gasteiger partial charge in [0.2, 0.25) is 0 Å². The van der Waals surface area contributed by atoms with E-state index in [9.17, 15) is 13.9 Å². The first-order valence-electron chi connectivity index (χ1n) is 4.55. The molecule has 2 aromatic carbocycles. The molecule has 0 unspecified atom stereocenters. The van der Waals surface area contributed by atoms with Crippen LogP contribution in [0.2, 0.25) is 0 Å². The number of aromatic hydroxyl groups is 2. The molecule has 2 rings (SSSR count). The molecule has 0 radical (unpaired) electrons. The first-order valence-corrected chi connectivity index (χ1v) is 4.55. The largest absolute Gasteiger partial charge is 0.508 e. The Labute approximate surface area is 90.4 Å². The Hall–Kier alpha value is -2.10. The molecule has 0 aliphatic rings. The highest BCUT2D eigenvalue weighted by Gasteiger charge is 2.11.